The maximum Gasteiger partial charge on any atom is 0.236 e. The van der Waals surface area contributed by atoms with Crippen molar-refractivity contribution >= 4 is 38.8 Å². The molecule has 0 saturated carbocycles. The third kappa shape index (κ3) is 2.95. The summed E-state index contributed by atoms with van der Waals surface area (Å²) in [6.07, 6.45) is 9.23. The minimum atomic E-state index is 0.623. The fourth-order valence-electron chi connectivity index (χ4n) is 4.88. The maximum absolute atomic E-state index is 5.55. The Kier molecular flexibility index (Phi) is 4.57. The Labute approximate surface area is 197 Å². The molecule has 34 heavy (non-hydrogen) atoms. The standard InChI is InChI=1S/C30H22N4/c1-4-5-15-25-21(3)22-12-6-9-16-26(22)34(25)30-31-20(2)19-29(32-30)33-27-17-10-7-13-23(27)24-14-8-11-18-28(24)33/h1,5-19H,2-3H3/b15-5-. The second-order valence-corrected chi connectivity index (χ2v) is 8.40. The second kappa shape index (κ2) is 7.75. The predicted molar refractivity (Wildman–Crippen MR) is 141 cm³/mol. The third-order valence-electron chi connectivity index (χ3n) is 6.35. The summed E-state index contributed by atoms with van der Waals surface area (Å²) in [6.45, 7) is 4.12. The molecule has 0 bridgehead atoms. The van der Waals surface area contributed by atoms with E-state index in [1.165, 1.54) is 10.8 Å². The molecular weight excluding hydrogens is 416 g/mol. The normalized spacial score (nSPS) is 11.7. The van der Waals surface area contributed by atoms with Gasteiger partial charge in [0.05, 0.1) is 22.2 Å². The average molecular weight is 439 g/mol. The Balaban J connectivity index is 1.69. The Morgan fingerprint density at radius 2 is 1.29 bits per heavy atom. The highest BCUT2D eigenvalue weighted by Gasteiger charge is 2.18. The molecule has 4 heteroatoms. The first kappa shape index (κ1) is 20.0. The van der Waals surface area contributed by atoms with Crippen LogP contribution in [0.15, 0.2) is 84.9 Å². The number of hydrogen-bond acceptors (Lipinski definition) is 2. The molecule has 0 radical (unpaired) electrons. The highest BCUT2D eigenvalue weighted by Crippen LogP contribution is 2.33. The van der Waals surface area contributed by atoms with Gasteiger partial charge in [0.2, 0.25) is 5.95 Å². The van der Waals surface area contributed by atoms with Gasteiger partial charge in [-0.25, -0.2) is 4.98 Å². The number of allylic oxidation sites excluding steroid dienone is 1. The summed E-state index contributed by atoms with van der Waals surface area (Å²) >= 11 is 0. The van der Waals surface area contributed by atoms with Crippen LogP contribution in [0.1, 0.15) is 17.0 Å². The van der Waals surface area contributed by atoms with Crippen molar-refractivity contribution in [3.8, 4) is 24.1 Å². The summed E-state index contributed by atoms with van der Waals surface area (Å²) < 4.78 is 4.32. The van der Waals surface area contributed by atoms with Crippen molar-refractivity contribution < 1.29 is 0 Å². The van der Waals surface area contributed by atoms with Gasteiger partial charge in [-0.3, -0.25) is 9.13 Å². The summed E-state index contributed by atoms with van der Waals surface area (Å²) in [7, 11) is 0. The molecule has 3 aromatic carbocycles. The number of aromatic nitrogens is 4. The molecule has 0 N–H and O–H groups in total. The molecule has 0 aliphatic carbocycles. The quantitative estimate of drug-likeness (QED) is 0.286. The molecule has 0 spiro atoms. The van der Waals surface area contributed by atoms with Gasteiger partial charge >= 0.3 is 0 Å². The summed E-state index contributed by atoms with van der Waals surface area (Å²) in [5.74, 6) is 4.07. The van der Waals surface area contributed by atoms with Gasteiger partial charge < -0.3 is 0 Å². The molecule has 162 valence electrons. The van der Waals surface area contributed by atoms with Gasteiger partial charge in [0.1, 0.15) is 5.82 Å². The fourth-order valence-corrected chi connectivity index (χ4v) is 4.88. The number of hydrogen-bond donors (Lipinski definition) is 0. The van der Waals surface area contributed by atoms with Crippen molar-refractivity contribution in [2.24, 2.45) is 0 Å². The number of benzene rings is 3. The van der Waals surface area contributed by atoms with Crippen LogP contribution >= 0.6 is 0 Å². The molecule has 4 nitrogen and oxygen atoms in total. The SMILES string of the molecule is C#C/C=C\c1c(C)c2ccccc2n1-c1nc(C)cc(-n2c3ccccc3c3ccccc32)n1. The van der Waals surface area contributed by atoms with Crippen LogP contribution in [-0.2, 0) is 0 Å². The lowest BCUT2D eigenvalue weighted by atomic mass is 10.1. The molecule has 0 aliphatic heterocycles. The zero-order valence-corrected chi connectivity index (χ0v) is 19.0. The van der Waals surface area contributed by atoms with E-state index < -0.39 is 0 Å². The summed E-state index contributed by atoms with van der Waals surface area (Å²) in [6, 6.07) is 27.2. The van der Waals surface area contributed by atoms with Crippen LogP contribution in [0.3, 0.4) is 0 Å². The third-order valence-corrected chi connectivity index (χ3v) is 6.35. The fraction of sp³-hybridized carbons (Fsp3) is 0.0667. The van der Waals surface area contributed by atoms with Gasteiger partial charge in [0.25, 0.3) is 0 Å². The first-order chi connectivity index (χ1) is 16.7. The second-order valence-electron chi connectivity index (χ2n) is 8.40. The van der Waals surface area contributed by atoms with Crippen molar-refractivity contribution in [3.63, 3.8) is 0 Å². The number of fused-ring (bicyclic) bond motifs is 4. The lowest BCUT2D eigenvalue weighted by Crippen LogP contribution is -2.08. The molecule has 6 rings (SSSR count). The number of terminal acetylenes is 1. The van der Waals surface area contributed by atoms with E-state index in [-0.39, 0.29) is 0 Å². The minimum Gasteiger partial charge on any atom is -0.294 e. The van der Waals surface area contributed by atoms with Crippen LogP contribution in [0.5, 0.6) is 0 Å². The minimum absolute atomic E-state index is 0.623. The Morgan fingerprint density at radius 3 is 1.91 bits per heavy atom. The largest absolute Gasteiger partial charge is 0.294 e. The van der Waals surface area contributed by atoms with Crippen LogP contribution in [0, 0.1) is 26.2 Å². The molecule has 0 aliphatic rings. The molecule has 0 unspecified atom stereocenters. The van der Waals surface area contributed by atoms with Crippen LogP contribution in [0.4, 0.5) is 0 Å². The monoisotopic (exact) mass is 438 g/mol. The lowest BCUT2D eigenvalue weighted by Gasteiger charge is -2.12. The first-order valence-corrected chi connectivity index (χ1v) is 11.2. The van der Waals surface area contributed by atoms with E-state index in [9.17, 15) is 0 Å². The predicted octanol–water partition coefficient (Wildman–Crippen LogP) is 6.78. The van der Waals surface area contributed by atoms with Crippen LogP contribution in [-0.4, -0.2) is 19.1 Å². The van der Waals surface area contributed by atoms with Gasteiger partial charge in [0.15, 0.2) is 0 Å². The number of nitrogens with zero attached hydrogens (tertiary/aromatic N) is 4. The summed E-state index contributed by atoms with van der Waals surface area (Å²) in [5.41, 5.74) is 6.31. The molecule has 0 saturated heterocycles. The van der Waals surface area contributed by atoms with Crippen molar-refractivity contribution in [2.75, 3.05) is 0 Å². The zero-order chi connectivity index (χ0) is 23.2. The molecular formula is C30H22N4. The van der Waals surface area contributed by atoms with Crippen molar-refractivity contribution in [1.82, 2.24) is 19.1 Å². The van der Waals surface area contributed by atoms with E-state index in [0.717, 1.165) is 44.7 Å². The van der Waals surface area contributed by atoms with Crippen molar-refractivity contribution in [2.45, 2.75) is 13.8 Å². The van der Waals surface area contributed by atoms with Crippen LogP contribution in [0.25, 0.3) is 50.6 Å². The highest BCUT2D eigenvalue weighted by molar-refractivity contribution is 6.09. The number of para-hydroxylation sites is 3. The molecule has 0 fully saturated rings. The highest BCUT2D eigenvalue weighted by atomic mass is 15.2. The molecule has 3 aromatic heterocycles. The van der Waals surface area contributed by atoms with E-state index in [1.807, 2.05) is 25.1 Å². The van der Waals surface area contributed by atoms with E-state index in [1.54, 1.807) is 6.08 Å². The van der Waals surface area contributed by atoms with E-state index >= 15 is 0 Å². The zero-order valence-electron chi connectivity index (χ0n) is 19.0. The number of aryl methyl sites for hydroxylation is 2. The summed E-state index contributed by atoms with van der Waals surface area (Å²) in [4.78, 5) is 9.97. The molecule has 0 amide bonds. The Bertz CT molecular complexity index is 1740. The van der Waals surface area contributed by atoms with Gasteiger partial charge in [0, 0.05) is 27.9 Å². The number of rotatable bonds is 3. The van der Waals surface area contributed by atoms with E-state index in [0.29, 0.717) is 5.95 Å². The van der Waals surface area contributed by atoms with Crippen LogP contribution < -0.4 is 0 Å². The van der Waals surface area contributed by atoms with Gasteiger partial charge in [-0.15, -0.1) is 6.42 Å². The smallest absolute Gasteiger partial charge is 0.236 e. The van der Waals surface area contributed by atoms with E-state index in [2.05, 4.69) is 88.7 Å². The molecule has 6 aromatic rings. The lowest BCUT2D eigenvalue weighted by molar-refractivity contribution is 0.904. The van der Waals surface area contributed by atoms with Gasteiger partial charge in [-0.2, -0.15) is 4.98 Å². The van der Waals surface area contributed by atoms with Gasteiger partial charge in [-0.05, 0) is 49.8 Å². The van der Waals surface area contributed by atoms with Gasteiger partial charge in [-0.1, -0.05) is 60.5 Å². The molecule has 0 atom stereocenters. The van der Waals surface area contributed by atoms with Crippen molar-refractivity contribution in [3.05, 3.63) is 102 Å². The Hall–Kier alpha value is -4.62. The topological polar surface area (TPSA) is 35.6 Å². The van der Waals surface area contributed by atoms with Crippen molar-refractivity contribution in [1.29, 1.82) is 0 Å². The summed E-state index contributed by atoms with van der Waals surface area (Å²) in [5, 5.41) is 3.56. The van der Waals surface area contributed by atoms with E-state index in [4.69, 9.17) is 16.4 Å². The average Bonchev–Trinajstić information content (AvgIpc) is 3.34. The maximum atomic E-state index is 5.55. The van der Waals surface area contributed by atoms with Crippen LogP contribution in [0.2, 0.25) is 0 Å². The molecule has 3 heterocycles. The Morgan fingerprint density at radius 1 is 0.735 bits per heavy atom. The first-order valence-electron chi connectivity index (χ1n) is 11.2.